The first-order valence-corrected chi connectivity index (χ1v) is 7.65. The molecule has 2 N–H and O–H groups in total. The van der Waals surface area contributed by atoms with E-state index in [1.807, 2.05) is 7.11 Å². The van der Waals surface area contributed by atoms with Crippen molar-refractivity contribution in [2.24, 2.45) is 5.92 Å². The Bertz CT molecular complexity index is 680. The summed E-state index contributed by atoms with van der Waals surface area (Å²) in [5.74, 6) is 0.266. The average molecular weight is 286 g/mol. The predicted octanol–water partition coefficient (Wildman–Crippen LogP) is 1.88. The van der Waals surface area contributed by atoms with Gasteiger partial charge in [-0.05, 0) is 43.0 Å². The summed E-state index contributed by atoms with van der Waals surface area (Å²) in [6.45, 7) is 1.15. The summed E-state index contributed by atoms with van der Waals surface area (Å²) in [7, 11) is 3.97. The minimum atomic E-state index is -0.310. The van der Waals surface area contributed by atoms with Crippen LogP contribution in [0.25, 0.3) is 10.9 Å². The maximum atomic E-state index is 9.67. The molecule has 4 rings (SSSR count). The van der Waals surface area contributed by atoms with E-state index in [9.17, 15) is 5.11 Å². The van der Waals surface area contributed by atoms with Crippen molar-refractivity contribution in [3.05, 3.63) is 35.5 Å². The van der Waals surface area contributed by atoms with Gasteiger partial charge in [-0.2, -0.15) is 0 Å². The molecular formula is C17H22N2O2. The third kappa shape index (κ3) is 1.67. The molecule has 2 aliphatic rings. The van der Waals surface area contributed by atoms with Crippen molar-refractivity contribution in [1.82, 2.24) is 9.88 Å². The maximum Gasteiger partial charge on any atom is 0.110 e. The summed E-state index contributed by atoms with van der Waals surface area (Å²) in [5.41, 5.74) is 3.54. The van der Waals surface area contributed by atoms with E-state index in [1.54, 1.807) is 0 Å². The molecule has 1 aromatic heterocycles. The summed E-state index contributed by atoms with van der Waals surface area (Å²) in [4.78, 5) is 5.75. The number of aromatic nitrogens is 1. The van der Waals surface area contributed by atoms with Gasteiger partial charge in [-0.3, -0.25) is 4.90 Å². The summed E-state index contributed by atoms with van der Waals surface area (Å²) >= 11 is 0. The lowest BCUT2D eigenvalue weighted by Gasteiger charge is -2.52. The Morgan fingerprint density at radius 1 is 1.48 bits per heavy atom. The van der Waals surface area contributed by atoms with Crippen LogP contribution < -0.4 is 0 Å². The van der Waals surface area contributed by atoms with Gasteiger partial charge in [0.25, 0.3) is 0 Å². The summed E-state index contributed by atoms with van der Waals surface area (Å²) in [5, 5.41) is 11.0. The van der Waals surface area contributed by atoms with Gasteiger partial charge in [-0.15, -0.1) is 0 Å². The number of methoxy groups -OCH3 is 1. The number of fused-ring (bicyclic) bond motifs is 2. The lowest BCUT2D eigenvalue weighted by molar-refractivity contribution is -0.130. The first kappa shape index (κ1) is 13.3. The fraction of sp³-hybridized carbons (Fsp3) is 0.529. The molecule has 112 valence electrons. The number of hydrogen-bond donors (Lipinski definition) is 2. The van der Waals surface area contributed by atoms with Crippen molar-refractivity contribution in [3.8, 4) is 0 Å². The molecule has 0 saturated carbocycles. The number of H-pyrrole nitrogens is 1. The van der Waals surface area contributed by atoms with Crippen LogP contribution in [0, 0.1) is 5.92 Å². The maximum absolute atomic E-state index is 9.67. The molecule has 0 spiro atoms. The van der Waals surface area contributed by atoms with Gasteiger partial charge in [-0.1, -0.05) is 12.1 Å². The quantitative estimate of drug-likeness (QED) is 0.886. The fourth-order valence-corrected chi connectivity index (χ4v) is 4.56. The van der Waals surface area contributed by atoms with E-state index in [2.05, 4.69) is 41.3 Å². The molecule has 0 amide bonds. The predicted molar refractivity (Wildman–Crippen MR) is 82.3 cm³/mol. The number of aromatic amines is 1. The smallest absolute Gasteiger partial charge is 0.110 e. The molecule has 0 unspecified atom stereocenters. The number of likely N-dealkylation sites (tertiary alicyclic amines) is 1. The zero-order chi connectivity index (χ0) is 14.6. The molecule has 2 aromatic rings. The van der Waals surface area contributed by atoms with Gasteiger partial charge in [0.15, 0.2) is 0 Å². The fourth-order valence-electron chi connectivity index (χ4n) is 4.56. The van der Waals surface area contributed by atoms with Crippen molar-refractivity contribution in [2.45, 2.75) is 24.5 Å². The number of aliphatic hydroxyl groups excluding tert-OH is 1. The zero-order valence-corrected chi connectivity index (χ0v) is 12.6. The largest absolute Gasteiger partial charge is 0.396 e. The number of nitrogens with zero attached hydrogens (tertiary/aromatic N) is 1. The van der Waals surface area contributed by atoms with E-state index in [0.29, 0.717) is 6.04 Å². The van der Waals surface area contributed by atoms with Crippen LogP contribution in [0.3, 0.4) is 0 Å². The molecule has 21 heavy (non-hydrogen) atoms. The van der Waals surface area contributed by atoms with Crippen LogP contribution in [0.15, 0.2) is 24.4 Å². The van der Waals surface area contributed by atoms with Crippen molar-refractivity contribution >= 4 is 10.9 Å². The van der Waals surface area contributed by atoms with Gasteiger partial charge < -0.3 is 14.8 Å². The SMILES string of the molecule is CO[C@]12C[C@@H](CO)CN(C)[C@@H]1Cc1c[nH]c3cccc2c13. The normalized spacial score (nSPS) is 32.3. The lowest BCUT2D eigenvalue weighted by Crippen LogP contribution is -2.59. The molecule has 1 aromatic carbocycles. The van der Waals surface area contributed by atoms with Crippen molar-refractivity contribution in [2.75, 3.05) is 27.3 Å². The number of piperidine rings is 1. The average Bonchev–Trinajstić information content (AvgIpc) is 2.93. The summed E-state index contributed by atoms with van der Waals surface area (Å²) in [6, 6.07) is 6.76. The van der Waals surface area contributed by atoms with E-state index in [-0.39, 0.29) is 18.1 Å². The number of likely N-dealkylation sites (N-methyl/N-ethyl adjacent to an activating group) is 1. The topological polar surface area (TPSA) is 48.5 Å². The molecule has 3 atom stereocenters. The number of benzene rings is 1. The van der Waals surface area contributed by atoms with Crippen LogP contribution in [-0.2, 0) is 16.8 Å². The van der Waals surface area contributed by atoms with Gasteiger partial charge in [0.05, 0.1) is 0 Å². The van der Waals surface area contributed by atoms with Crippen LogP contribution in [0.2, 0.25) is 0 Å². The molecule has 0 bridgehead atoms. The highest BCUT2D eigenvalue weighted by Crippen LogP contribution is 2.49. The Kier molecular flexibility index (Phi) is 2.89. The second kappa shape index (κ2) is 4.57. The molecule has 1 saturated heterocycles. The Balaban J connectivity index is 1.96. The van der Waals surface area contributed by atoms with Crippen LogP contribution in [0.5, 0.6) is 0 Å². The molecule has 1 aliphatic carbocycles. The van der Waals surface area contributed by atoms with Gasteiger partial charge in [0, 0.05) is 43.4 Å². The summed E-state index contributed by atoms with van der Waals surface area (Å²) < 4.78 is 6.14. The third-order valence-corrected chi connectivity index (χ3v) is 5.49. The Hall–Kier alpha value is -1.36. The molecule has 0 radical (unpaired) electrons. The zero-order valence-electron chi connectivity index (χ0n) is 12.6. The van der Waals surface area contributed by atoms with E-state index >= 15 is 0 Å². The van der Waals surface area contributed by atoms with E-state index in [0.717, 1.165) is 19.4 Å². The van der Waals surface area contributed by atoms with Gasteiger partial charge in [0.2, 0.25) is 0 Å². The van der Waals surface area contributed by atoms with Crippen LogP contribution >= 0.6 is 0 Å². The Labute approximate surface area is 124 Å². The molecule has 4 heteroatoms. The van der Waals surface area contributed by atoms with Crippen LogP contribution in [0.4, 0.5) is 0 Å². The first-order chi connectivity index (χ1) is 10.2. The Morgan fingerprint density at radius 3 is 3.10 bits per heavy atom. The minimum absolute atomic E-state index is 0.220. The number of hydrogen-bond acceptors (Lipinski definition) is 3. The number of rotatable bonds is 2. The number of aliphatic hydroxyl groups is 1. The standard InChI is InChI=1S/C17H22N2O2/c1-19-9-11(10-20)7-17(21-2)13-4-3-5-14-16(13)12(8-18-14)6-15(17)19/h3-5,8,11,15,18,20H,6-7,9-10H2,1-2H3/t11-,15-,17+/m1/s1. The van der Waals surface area contributed by atoms with Gasteiger partial charge >= 0.3 is 0 Å². The monoisotopic (exact) mass is 286 g/mol. The number of ether oxygens (including phenoxy) is 1. The van der Waals surface area contributed by atoms with Crippen molar-refractivity contribution in [3.63, 3.8) is 0 Å². The van der Waals surface area contributed by atoms with Crippen LogP contribution in [-0.4, -0.2) is 48.3 Å². The molecule has 1 aliphatic heterocycles. The second-order valence-electron chi connectivity index (χ2n) is 6.55. The number of nitrogens with one attached hydrogen (secondary N) is 1. The molecule has 1 fully saturated rings. The highest BCUT2D eigenvalue weighted by atomic mass is 16.5. The van der Waals surface area contributed by atoms with Gasteiger partial charge in [-0.25, -0.2) is 0 Å². The third-order valence-electron chi connectivity index (χ3n) is 5.49. The Morgan fingerprint density at radius 2 is 2.33 bits per heavy atom. The highest BCUT2D eigenvalue weighted by molar-refractivity contribution is 5.88. The summed E-state index contributed by atoms with van der Waals surface area (Å²) in [6.07, 6.45) is 4.03. The molecule has 4 nitrogen and oxygen atoms in total. The highest BCUT2D eigenvalue weighted by Gasteiger charge is 2.51. The lowest BCUT2D eigenvalue weighted by atomic mass is 9.69. The van der Waals surface area contributed by atoms with E-state index in [4.69, 9.17) is 4.74 Å². The second-order valence-corrected chi connectivity index (χ2v) is 6.55. The van der Waals surface area contributed by atoms with Crippen LogP contribution in [0.1, 0.15) is 17.5 Å². The molecule has 2 heterocycles. The first-order valence-electron chi connectivity index (χ1n) is 7.65. The minimum Gasteiger partial charge on any atom is -0.396 e. The van der Waals surface area contributed by atoms with E-state index in [1.165, 1.54) is 22.0 Å². The van der Waals surface area contributed by atoms with Gasteiger partial charge in [0.1, 0.15) is 5.60 Å². The van der Waals surface area contributed by atoms with Crippen molar-refractivity contribution < 1.29 is 9.84 Å². The molecular weight excluding hydrogens is 264 g/mol. The van der Waals surface area contributed by atoms with E-state index < -0.39 is 0 Å². The van der Waals surface area contributed by atoms with Crippen molar-refractivity contribution in [1.29, 1.82) is 0 Å².